The Labute approximate surface area is 113 Å². The topological polar surface area (TPSA) is 67.3 Å². The summed E-state index contributed by atoms with van der Waals surface area (Å²) in [4.78, 5) is 15.3. The van der Waals surface area contributed by atoms with Crippen LogP contribution in [0.25, 0.3) is 10.9 Å². The maximum Gasteiger partial charge on any atom is 0.319 e. The average Bonchev–Trinajstić information content (AvgIpc) is 2.39. The van der Waals surface area contributed by atoms with Gasteiger partial charge in [0.05, 0.1) is 11.3 Å². The highest BCUT2D eigenvalue weighted by Gasteiger charge is 2.23. The van der Waals surface area contributed by atoms with Gasteiger partial charge in [0.25, 0.3) is 0 Å². The minimum Gasteiger partial charge on any atom is -0.480 e. The largest absolute Gasteiger partial charge is 0.480 e. The standard InChI is InChI=1S/C14H15NO3S/c1-2-13(14(16)17)19(18)9-10-7-8-15-12-6-4-3-5-11(10)12/h3-8,13H,2,9H2,1H3,(H,16,17). The second-order valence-corrected chi connectivity index (χ2v) is 5.87. The Morgan fingerprint density at radius 3 is 2.79 bits per heavy atom. The van der Waals surface area contributed by atoms with Crippen molar-refractivity contribution in [3.8, 4) is 0 Å². The molecule has 0 saturated heterocycles. The molecule has 5 heteroatoms. The number of rotatable bonds is 5. The van der Waals surface area contributed by atoms with Gasteiger partial charge in [0.15, 0.2) is 0 Å². The van der Waals surface area contributed by atoms with Crippen LogP contribution in [0.15, 0.2) is 36.5 Å². The van der Waals surface area contributed by atoms with Crippen LogP contribution in [0.3, 0.4) is 0 Å². The summed E-state index contributed by atoms with van der Waals surface area (Å²) in [5, 5.41) is 9.15. The molecule has 2 unspecified atom stereocenters. The number of pyridine rings is 1. The molecule has 0 radical (unpaired) electrons. The molecule has 1 aromatic carbocycles. The van der Waals surface area contributed by atoms with Crippen LogP contribution < -0.4 is 0 Å². The zero-order valence-electron chi connectivity index (χ0n) is 10.6. The van der Waals surface area contributed by atoms with E-state index in [1.165, 1.54) is 0 Å². The van der Waals surface area contributed by atoms with Crippen LogP contribution in [0, 0.1) is 0 Å². The van der Waals surface area contributed by atoms with Gasteiger partial charge < -0.3 is 5.11 Å². The molecule has 0 amide bonds. The monoisotopic (exact) mass is 277 g/mol. The minimum absolute atomic E-state index is 0.244. The molecule has 0 fully saturated rings. The van der Waals surface area contributed by atoms with Gasteiger partial charge in [-0.2, -0.15) is 0 Å². The van der Waals surface area contributed by atoms with Gasteiger partial charge in [0.2, 0.25) is 0 Å². The van der Waals surface area contributed by atoms with Crippen molar-refractivity contribution in [2.75, 3.05) is 0 Å². The van der Waals surface area contributed by atoms with Crippen LogP contribution in [0.2, 0.25) is 0 Å². The summed E-state index contributed by atoms with van der Waals surface area (Å²) < 4.78 is 12.1. The van der Waals surface area contributed by atoms with E-state index in [0.717, 1.165) is 16.5 Å². The maximum atomic E-state index is 12.1. The lowest BCUT2D eigenvalue weighted by Crippen LogP contribution is -2.25. The Hall–Kier alpha value is -1.75. The van der Waals surface area contributed by atoms with Crippen molar-refractivity contribution in [2.24, 2.45) is 0 Å². The van der Waals surface area contributed by atoms with Crippen LogP contribution in [0.4, 0.5) is 0 Å². The quantitative estimate of drug-likeness (QED) is 0.911. The number of para-hydroxylation sites is 1. The van der Waals surface area contributed by atoms with Crippen molar-refractivity contribution in [2.45, 2.75) is 24.3 Å². The highest BCUT2D eigenvalue weighted by Crippen LogP contribution is 2.19. The maximum absolute atomic E-state index is 12.1. The van der Waals surface area contributed by atoms with Gasteiger partial charge in [0, 0.05) is 22.4 Å². The van der Waals surface area contributed by atoms with Gasteiger partial charge in [-0.1, -0.05) is 25.1 Å². The van der Waals surface area contributed by atoms with E-state index in [1.54, 1.807) is 19.2 Å². The molecule has 1 aromatic heterocycles. The number of fused-ring (bicyclic) bond motifs is 1. The van der Waals surface area contributed by atoms with Gasteiger partial charge in [-0.15, -0.1) is 0 Å². The van der Waals surface area contributed by atoms with E-state index in [-0.39, 0.29) is 5.75 Å². The zero-order chi connectivity index (χ0) is 13.8. The molecule has 0 aliphatic heterocycles. The van der Waals surface area contributed by atoms with Gasteiger partial charge in [0.1, 0.15) is 5.25 Å². The molecular weight excluding hydrogens is 262 g/mol. The number of carboxylic acids is 1. The molecule has 1 heterocycles. The summed E-state index contributed by atoms with van der Waals surface area (Å²) in [5.41, 5.74) is 1.71. The number of hydrogen-bond donors (Lipinski definition) is 1. The van der Waals surface area contributed by atoms with Crippen molar-refractivity contribution in [1.82, 2.24) is 4.98 Å². The van der Waals surface area contributed by atoms with Crippen LogP contribution in [0.5, 0.6) is 0 Å². The number of benzene rings is 1. The third kappa shape index (κ3) is 2.98. The summed E-state index contributed by atoms with van der Waals surface area (Å²) in [6.07, 6.45) is 2.03. The molecule has 19 heavy (non-hydrogen) atoms. The van der Waals surface area contributed by atoms with Crippen LogP contribution >= 0.6 is 0 Å². The fourth-order valence-corrected chi connectivity index (χ4v) is 3.36. The van der Waals surface area contributed by atoms with E-state index in [9.17, 15) is 9.00 Å². The van der Waals surface area contributed by atoms with Gasteiger partial charge in [-0.25, -0.2) is 0 Å². The highest BCUT2D eigenvalue weighted by atomic mass is 32.2. The average molecular weight is 277 g/mol. The molecule has 2 rings (SSSR count). The normalized spacial score (nSPS) is 14.2. The fourth-order valence-electron chi connectivity index (χ4n) is 2.01. The lowest BCUT2D eigenvalue weighted by atomic mass is 10.1. The number of nitrogens with zero attached hydrogens (tertiary/aromatic N) is 1. The van der Waals surface area contributed by atoms with E-state index >= 15 is 0 Å². The SMILES string of the molecule is CCC(C(=O)O)S(=O)Cc1ccnc2ccccc12. The third-order valence-corrected chi connectivity index (χ3v) is 4.77. The molecule has 0 saturated carbocycles. The Balaban J connectivity index is 2.31. The first-order chi connectivity index (χ1) is 9.13. The van der Waals surface area contributed by atoms with Gasteiger partial charge in [-0.05, 0) is 24.1 Å². The van der Waals surface area contributed by atoms with Crippen LogP contribution in [-0.2, 0) is 21.3 Å². The van der Waals surface area contributed by atoms with Gasteiger partial charge >= 0.3 is 5.97 Å². The lowest BCUT2D eigenvalue weighted by Gasteiger charge is -2.11. The van der Waals surface area contributed by atoms with Crippen molar-refractivity contribution >= 4 is 27.7 Å². The van der Waals surface area contributed by atoms with Crippen molar-refractivity contribution in [3.63, 3.8) is 0 Å². The number of carbonyl (C=O) groups is 1. The molecular formula is C14H15NO3S. The van der Waals surface area contributed by atoms with E-state index in [4.69, 9.17) is 5.11 Å². The van der Waals surface area contributed by atoms with Crippen molar-refractivity contribution in [1.29, 1.82) is 0 Å². The molecule has 2 aromatic rings. The van der Waals surface area contributed by atoms with Gasteiger partial charge in [-0.3, -0.25) is 14.0 Å². The summed E-state index contributed by atoms with van der Waals surface area (Å²) >= 11 is 0. The zero-order valence-corrected chi connectivity index (χ0v) is 11.4. The second kappa shape index (κ2) is 5.93. The number of aliphatic carboxylic acids is 1. The second-order valence-electron chi connectivity index (χ2n) is 4.25. The summed E-state index contributed by atoms with van der Waals surface area (Å²) in [6, 6.07) is 9.38. The Morgan fingerprint density at radius 2 is 2.11 bits per heavy atom. The molecule has 0 aliphatic rings. The molecule has 1 N–H and O–H groups in total. The van der Waals surface area contributed by atoms with Crippen LogP contribution in [0.1, 0.15) is 18.9 Å². The number of hydrogen-bond acceptors (Lipinski definition) is 3. The Morgan fingerprint density at radius 1 is 1.37 bits per heavy atom. The highest BCUT2D eigenvalue weighted by molar-refractivity contribution is 7.85. The first kappa shape index (κ1) is 13.7. The molecule has 2 atom stereocenters. The number of aromatic nitrogens is 1. The van der Waals surface area contributed by atoms with Crippen molar-refractivity contribution in [3.05, 3.63) is 42.1 Å². The lowest BCUT2D eigenvalue weighted by molar-refractivity contribution is -0.136. The molecule has 0 bridgehead atoms. The van der Waals surface area contributed by atoms with Crippen LogP contribution in [-0.4, -0.2) is 25.5 Å². The third-order valence-electron chi connectivity index (χ3n) is 3.00. The van der Waals surface area contributed by atoms with Crippen molar-refractivity contribution < 1.29 is 14.1 Å². The molecule has 0 spiro atoms. The van der Waals surface area contributed by atoms with E-state index < -0.39 is 22.0 Å². The first-order valence-corrected chi connectivity index (χ1v) is 7.44. The summed E-state index contributed by atoms with van der Waals surface area (Å²) in [7, 11) is -1.42. The summed E-state index contributed by atoms with van der Waals surface area (Å²) in [6.45, 7) is 1.74. The smallest absolute Gasteiger partial charge is 0.319 e. The molecule has 0 aliphatic carbocycles. The van der Waals surface area contributed by atoms with E-state index in [2.05, 4.69) is 4.98 Å². The Bertz CT molecular complexity index is 622. The predicted molar refractivity (Wildman–Crippen MR) is 75.3 cm³/mol. The summed E-state index contributed by atoms with van der Waals surface area (Å²) in [5.74, 6) is -0.757. The fraction of sp³-hybridized carbons (Fsp3) is 0.286. The molecule has 4 nitrogen and oxygen atoms in total. The molecule has 100 valence electrons. The van der Waals surface area contributed by atoms with E-state index in [0.29, 0.717) is 6.42 Å². The number of carboxylic acid groups (broad SMARTS) is 1. The Kier molecular flexibility index (Phi) is 4.27. The minimum atomic E-state index is -1.42. The first-order valence-electron chi connectivity index (χ1n) is 6.06. The van der Waals surface area contributed by atoms with E-state index in [1.807, 2.05) is 24.3 Å². The predicted octanol–water partition coefficient (Wildman–Crippen LogP) is 2.35.